The molecule has 0 saturated heterocycles. The van der Waals surface area contributed by atoms with Gasteiger partial charge in [-0.25, -0.2) is 4.98 Å². The first-order chi connectivity index (χ1) is 7.25. The molecule has 1 heterocycles. The van der Waals surface area contributed by atoms with Gasteiger partial charge in [0.15, 0.2) is 5.89 Å². The average Bonchev–Trinajstić information content (AvgIpc) is 2.71. The van der Waals surface area contributed by atoms with Crippen molar-refractivity contribution in [1.82, 2.24) is 4.98 Å². The second kappa shape index (κ2) is 3.34. The molecule has 0 bridgehead atoms. The van der Waals surface area contributed by atoms with Crippen LogP contribution in [0.3, 0.4) is 0 Å². The van der Waals surface area contributed by atoms with E-state index in [2.05, 4.69) is 4.98 Å². The predicted octanol–water partition coefficient (Wildman–Crippen LogP) is 2.37. The number of aromatic nitrogens is 1. The molecule has 2 saturated carbocycles. The summed E-state index contributed by atoms with van der Waals surface area (Å²) in [6.45, 7) is 0. The second-order valence-corrected chi connectivity index (χ2v) is 5.17. The molecule has 0 radical (unpaired) electrons. The van der Waals surface area contributed by atoms with Gasteiger partial charge < -0.3 is 10.2 Å². The maximum Gasteiger partial charge on any atom is 0.197 e. The van der Waals surface area contributed by atoms with Crippen LogP contribution in [0.2, 0.25) is 0 Å². The molecule has 2 aliphatic carbocycles. The summed E-state index contributed by atoms with van der Waals surface area (Å²) in [6.07, 6.45) is 10.0. The number of nitrogens with two attached hydrogens (primary N) is 1. The summed E-state index contributed by atoms with van der Waals surface area (Å²) in [6, 6.07) is 0. The fourth-order valence-corrected chi connectivity index (χ4v) is 2.07. The first-order valence-electron chi connectivity index (χ1n) is 5.98. The van der Waals surface area contributed by atoms with Gasteiger partial charge in [0.2, 0.25) is 0 Å². The average molecular weight is 206 g/mol. The first-order valence-corrected chi connectivity index (χ1v) is 5.98. The lowest BCUT2D eigenvalue weighted by molar-refractivity contribution is 0.335. The van der Waals surface area contributed by atoms with E-state index < -0.39 is 0 Å². The zero-order valence-electron chi connectivity index (χ0n) is 9.04. The molecule has 3 heteroatoms. The summed E-state index contributed by atoms with van der Waals surface area (Å²) in [5, 5.41) is 0. The summed E-state index contributed by atoms with van der Waals surface area (Å²) in [5.74, 6) is 1.56. The van der Waals surface area contributed by atoms with E-state index in [1.807, 2.05) is 6.26 Å². The maximum absolute atomic E-state index is 6.04. The Labute approximate surface area is 90.1 Å². The number of nitrogens with zero attached hydrogens (tertiary/aromatic N) is 1. The second-order valence-electron chi connectivity index (χ2n) is 5.17. The summed E-state index contributed by atoms with van der Waals surface area (Å²) in [4.78, 5) is 4.54. The third-order valence-corrected chi connectivity index (χ3v) is 3.80. The molecule has 2 N–H and O–H groups in total. The van der Waals surface area contributed by atoms with E-state index in [1.165, 1.54) is 32.1 Å². The van der Waals surface area contributed by atoms with Crippen molar-refractivity contribution in [3.05, 3.63) is 17.8 Å². The Morgan fingerprint density at radius 2 is 2.27 bits per heavy atom. The lowest BCUT2D eigenvalue weighted by atomic mass is 9.85. The van der Waals surface area contributed by atoms with Crippen LogP contribution in [-0.2, 0) is 6.42 Å². The van der Waals surface area contributed by atoms with Gasteiger partial charge in [-0.15, -0.1) is 0 Å². The Morgan fingerprint density at radius 1 is 1.47 bits per heavy atom. The molecular weight excluding hydrogens is 188 g/mol. The van der Waals surface area contributed by atoms with Crippen molar-refractivity contribution in [2.75, 3.05) is 0 Å². The van der Waals surface area contributed by atoms with Gasteiger partial charge in [-0.1, -0.05) is 6.42 Å². The fraction of sp³-hybridized carbons (Fsp3) is 0.750. The van der Waals surface area contributed by atoms with E-state index >= 15 is 0 Å². The van der Waals surface area contributed by atoms with Crippen molar-refractivity contribution in [1.29, 1.82) is 0 Å². The van der Waals surface area contributed by atoms with Gasteiger partial charge in [-0.05, 0) is 38.5 Å². The molecule has 2 fully saturated rings. The highest BCUT2D eigenvalue weighted by Crippen LogP contribution is 2.38. The van der Waals surface area contributed by atoms with Gasteiger partial charge in [-0.2, -0.15) is 0 Å². The Bertz CT molecular complexity index is 350. The zero-order chi connectivity index (χ0) is 10.3. The molecule has 0 unspecified atom stereocenters. The highest BCUT2D eigenvalue weighted by atomic mass is 16.3. The minimum atomic E-state index is 0.135. The van der Waals surface area contributed by atoms with Crippen molar-refractivity contribution < 1.29 is 4.42 Å². The predicted molar refractivity (Wildman–Crippen MR) is 57.6 cm³/mol. The Kier molecular flexibility index (Phi) is 2.09. The highest BCUT2D eigenvalue weighted by Gasteiger charge is 2.37. The summed E-state index contributed by atoms with van der Waals surface area (Å²) >= 11 is 0. The number of oxazole rings is 1. The van der Waals surface area contributed by atoms with Crippen LogP contribution < -0.4 is 5.73 Å². The molecule has 0 spiro atoms. The molecule has 0 aliphatic heterocycles. The van der Waals surface area contributed by atoms with E-state index in [1.54, 1.807) is 0 Å². The topological polar surface area (TPSA) is 52.0 Å². The van der Waals surface area contributed by atoms with E-state index in [0.29, 0.717) is 5.92 Å². The lowest BCUT2D eigenvalue weighted by Gasteiger charge is -2.21. The molecule has 1 aromatic rings. The number of aryl methyl sites for hydroxylation is 1. The zero-order valence-corrected chi connectivity index (χ0v) is 9.04. The molecule has 82 valence electrons. The van der Waals surface area contributed by atoms with E-state index in [0.717, 1.165) is 24.4 Å². The van der Waals surface area contributed by atoms with Gasteiger partial charge in [0.25, 0.3) is 0 Å². The minimum absolute atomic E-state index is 0.135. The molecular formula is C12H18N2O. The molecule has 3 rings (SSSR count). The van der Waals surface area contributed by atoms with Crippen molar-refractivity contribution >= 4 is 0 Å². The standard InChI is InChI=1S/C12H18N2O/c13-12(6-7-12)5-4-10-8-15-11(14-10)9-2-1-3-9/h8-9H,1-7,13H2. The van der Waals surface area contributed by atoms with Crippen LogP contribution in [0.4, 0.5) is 0 Å². The maximum atomic E-state index is 6.04. The monoisotopic (exact) mass is 206 g/mol. The Balaban J connectivity index is 1.58. The van der Waals surface area contributed by atoms with E-state index in [9.17, 15) is 0 Å². The largest absolute Gasteiger partial charge is 0.448 e. The fourth-order valence-electron chi connectivity index (χ4n) is 2.07. The quantitative estimate of drug-likeness (QED) is 0.822. The van der Waals surface area contributed by atoms with Crippen molar-refractivity contribution in [3.8, 4) is 0 Å². The van der Waals surface area contributed by atoms with Gasteiger partial charge in [0.1, 0.15) is 6.26 Å². The van der Waals surface area contributed by atoms with E-state index in [-0.39, 0.29) is 5.54 Å². The summed E-state index contributed by atoms with van der Waals surface area (Å²) in [7, 11) is 0. The summed E-state index contributed by atoms with van der Waals surface area (Å²) in [5.41, 5.74) is 7.27. The number of rotatable bonds is 4. The van der Waals surface area contributed by atoms with Crippen molar-refractivity contribution in [3.63, 3.8) is 0 Å². The summed E-state index contributed by atoms with van der Waals surface area (Å²) < 4.78 is 5.50. The minimum Gasteiger partial charge on any atom is -0.448 e. The van der Waals surface area contributed by atoms with Crippen LogP contribution in [0.15, 0.2) is 10.7 Å². The highest BCUT2D eigenvalue weighted by molar-refractivity contribution is 5.07. The van der Waals surface area contributed by atoms with Gasteiger partial charge >= 0.3 is 0 Å². The molecule has 0 aromatic carbocycles. The molecule has 0 atom stereocenters. The van der Waals surface area contributed by atoms with Crippen LogP contribution in [0, 0.1) is 0 Å². The van der Waals surface area contributed by atoms with Crippen LogP contribution in [0.25, 0.3) is 0 Å². The smallest absolute Gasteiger partial charge is 0.197 e. The van der Waals surface area contributed by atoms with Gasteiger partial charge in [-0.3, -0.25) is 0 Å². The van der Waals surface area contributed by atoms with Crippen LogP contribution in [-0.4, -0.2) is 10.5 Å². The van der Waals surface area contributed by atoms with Crippen LogP contribution in [0.1, 0.15) is 56.0 Å². The van der Waals surface area contributed by atoms with Gasteiger partial charge in [0, 0.05) is 11.5 Å². The van der Waals surface area contributed by atoms with Crippen molar-refractivity contribution in [2.45, 2.75) is 56.4 Å². The third-order valence-electron chi connectivity index (χ3n) is 3.80. The van der Waals surface area contributed by atoms with Crippen LogP contribution >= 0.6 is 0 Å². The molecule has 0 amide bonds. The number of hydrogen-bond donors (Lipinski definition) is 1. The third kappa shape index (κ3) is 1.93. The SMILES string of the molecule is NC1(CCc2coc(C3CCC3)n2)CC1. The Morgan fingerprint density at radius 3 is 2.87 bits per heavy atom. The van der Waals surface area contributed by atoms with Crippen LogP contribution in [0.5, 0.6) is 0 Å². The molecule has 15 heavy (non-hydrogen) atoms. The molecule has 2 aliphatic rings. The first kappa shape index (κ1) is 9.40. The lowest BCUT2D eigenvalue weighted by Crippen LogP contribution is -2.22. The normalized spacial score (nSPS) is 23.8. The van der Waals surface area contributed by atoms with E-state index in [4.69, 9.17) is 10.2 Å². The number of hydrogen-bond acceptors (Lipinski definition) is 3. The van der Waals surface area contributed by atoms with Crippen molar-refractivity contribution in [2.24, 2.45) is 5.73 Å². The van der Waals surface area contributed by atoms with Gasteiger partial charge in [0.05, 0.1) is 5.69 Å². The Hall–Kier alpha value is -0.830. The molecule has 1 aromatic heterocycles. The molecule has 3 nitrogen and oxygen atoms in total.